The van der Waals surface area contributed by atoms with Gasteiger partial charge < -0.3 is 5.32 Å². The number of allylic oxidation sites excluding steroid dienone is 1. The first kappa shape index (κ1) is 13.0. The van der Waals surface area contributed by atoms with Gasteiger partial charge in [0.25, 0.3) is 0 Å². The van der Waals surface area contributed by atoms with Crippen LogP contribution in [0, 0.1) is 11.6 Å². The van der Waals surface area contributed by atoms with Gasteiger partial charge in [0, 0.05) is 29.6 Å². The van der Waals surface area contributed by atoms with Crippen LogP contribution in [0.3, 0.4) is 0 Å². The van der Waals surface area contributed by atoms with Crippen molar-refractivity contribution in [2.75, 3.05) is 5.32 Å². The molecule has 0 atom stereocenters. The van der Waals surface area contributed by atoms with Gasteiger partial charge in [-0.15, -0.1) is 0 Å². The Labute approximate surface area is 109 Å². The SMILES string of the molecule is O=C(/C=C\Nc1cc(F)cc(F)c1)c1ccccc1. The third kappa shape index (κ3) is 3.74. The zero-order valence-corrected chi connectivity index (χ0v) is 9.94. The summed E-state index contributed by atoms with van der Waals surface area (Å²) in [5.74, 6) is -1.54. The van der Waals surface area contributed by atoms with E-state index in [4.69, 9.17) is 0 Å². The number of hydrogen-bond acceptors (Lipinski definition) is 2. The molecule has 2 rings (SSSR count). The molecule has 0 aliphatic heterocycles. The zero-order valence-electron chi connectivity index (χ0n) is 9.94. The van der Waals surface area contributed by atoms with Gasteiger partial charge in [-0.05, 0) is 12.1 Å². The van der Waals surface area contributed by atoms with Crippen molar-refractivity contribution >= 4 is 11.5 Å². The summed E-state index contributed by atoms with van der Waals surface area (Å²) in [6.07, 6.45) is 2.65. The van der Waals surface area contributed by atoms with Gasteiger partial charge >= 0.3 is 0 Å². The number of anilines is 1. The van der Waals surface area contributed by atoms with E-state index in [-0.39, 0.29) is 11.5 Å². The van der Waals surface area contributed by atoms with E-state index in [2.05, 4.69) is 5.32 Å². The van der Waals surface area contributed by atoms with E-state index in [1.807, 2.05) is 6.07 Å². The van der Waals surface area contributed by atoms with Gasteiger partial charge in [-0.3, -0.25) is 4.79 Å². The summed E-state index contributed by atoms with van der Waals surface area (Å²) >= 11 is 0. The fraction of sp³-hybridized carbons (Fsp3) is 0. The monoisotopic (exact) mass is 259 g/mol. The Kier molecular flexibility index (Phi) is 4.03. The van der Waals surface area contributed by atoms with E-state index < -0.39 is 11.6 Å². The predicted octanol–water partition coefficient (Wildman–Crippen LogP) is 3.77. The van der Waals surface area contributed by atoms with Crippen LogP contribution in [0.2, 0.25) is 0 Å². The number of carbonyl (C=O) groups excluding carboxylic acids is 1. The predicted molar refractivity (Wildman–Crippen MR) is 69.9 cm³/mol. The summed E-state index contributed by atoms with van der Waals surface area (Å²) in [6.45, 7) is 0. The summed E-state index contributed by atoms with van der Waals surface area (Å²) in [4.78, 5) is 11.7. The van der Waals surface area contributed by atoms with Crippen LogP contribution in [0.4, 0.5) is 14.5 Å². The van der Waals surface area contributed by atoms with Gasteiger partial charge in [-0.1, -0.05) is 30.3 Å². The molecule has 0 bridgehead atoms. The molecule has 0 saturated carbocycles. The van der Waals surface area contributed by atoms with Crippen molar-refractivity contribution < 1.29 is 13.6 Å². The molecule has 0 heterocycles. The Morgan fingerprint density at radius 1 is 1.00 bits per heavy atom. The van der Waals surface area contributed by atoms with Crippen LogP contribution in [0.1, 0.15) is 10.4 Å². The van der Waals surface area contributed by atoms with E-state index in [0.29, 0.717) is 5.56 Å². The van der Waals surface area contributed by atoms with Crippen molar-refractivity contribution in [3.05, 3.63) is 78.0 Å². The average Bonchev–Trinajstić information content (AvgIpc) is 2.38. The number of ketones is 1. The lowest BCUT2D eigenvalue weighted by Crippen LogP contribution is -1.96. The Morgan fingerprint density at radius 3 is 2.26 bits per heavy atom. The molecule has 0 spiro atoms. The van der Waals surface area contributed by atoms with Crippen LogP contribution in [0.25, 0.3) is 0 Å². The summed E-state index contributed by atoms with van der Waals surface area (Å²) in [7, 11) is 0. The highest BCUT2D eigenvalue weighted by Gasteiger charge is 2.00. The van der Waals surface area contributed by atoms with Crippen LogP contribution < -0.4 is 5.32 Å². The molecule has 0 radical (unpaired) electrons. The largest absolute Gasteiger partial charge is 0.361 e. The van der Waals surface area contributed by atoms with Gasteiger partial charge in [0.1, 0.15) is 11.6 Å². The number of hydrogen-bond donors (Lipinski definition) is 1. The van der Waals surface area contributed by atoms with Crippen molar-refractivity contribution in [1.82, 2.24) is 0 Å². The van der Waals surface area contributed by atoms with Crippen LogP contribution in [-0.2, 0) is 0 Å². The summed E-state index contributed by atoms with van der Waals surface area (Å²) in [5.41, 5.74) is 0.792. The van der Waals surface area contributed by atoms with Gasteiger partial charge in [-0.2, -0.15) is 0 Å². The highest BCUT2D eigenvalue weighted by molar-refractivity contribution is 6.04. The maximum Gasteiger partial charge on any atom is 0.187 e. The first-order valence-corrected chi connectivity index (χ1v) is 5.64. The molecule has 0 aromatic heterocycles. The molecule has 0 saturated heterocycles. The normalized spacial score (nSPS) is 10.6. The minimum Gasteiger partial charge on any atom is -0.361 e. The Bertz CT molecular complexity index is 589. The molecule has 4 heteroatoms. The van der Waals surface area contributed by atoms with Crippen LogP contribution in [0.5, 0.6) is 0 Å². The number of halogens is 2. The quantitative estimate of drug-likeness (QED) is 0.669. The molecule has 0 aliphatic carbocycles. The number of rotatable bonds is 4. The van der Waals surface area contributed by atoms with Crippen molar-refractivity contribution in [1.29, 1.82) is 0 Å². The molecule has 2 nitrogen and oxygen atoms in total. The fourth-order valence-electron chi connectivity index (χ4n) is 1.55. The molecule has 2 aromatic rings. The molecule has 0 fully saturated rings. The van der Waals surface area contributed by atoms with Gasteiger partial charge in [-0.25, -0.2) is 8.78 Å². The van der Waals surface area contributed by atoms with E-state index in [1.54, 1.807) is 24.3 Å². The van der Waals surface area contributed by atoms with Gasteiger partial charge in [0.15, 0.2) is 5.78 Å². The average molecular weight is 259 g/mol. The molecule has 0 aliphatic rings. The highest BCUT2D eigenvalue weighted by atomic mass is 19.1. The Morgan fingerprint density at radius 2 is 1.63 bits per heavy atom. The molecule has 2 aromatic carbocycles. The Balaban J connectivity index is 2.02. The van der Waals surface area contributed by atoms with E-state index in [0.717, 1.165) is 18.2 Å². The van der Waals surface area contributed by atoms with E-state index in [1.165, 1.54) is 12.3 Å². The van der Waals surface area contributed by atoms with E-state index >= 15 is 0 Å². The van der Waals surface area contributed by atoms with Crippen molar-refractivity contribution in [2.45, 2.75) is 0 Å². The van der Waals surface area contributed by atoms with Crippen molar-refractivity contribution in [2.24, 2.45) is 0 Å². The van der Waals surface area contributed by atoms with Crippen molar-refractivity contribution in [3.63, 3.8) is 0 Å². The number of benzene rings is 2. The van der Waals surface area contributed by atoms with Crippen LogP contribution >= 0.6 is 0 Å². The van der Waals surface area contributed by atoms with Crippen LogP contribution in [-0.4, -0.2) is 5.78 Å². The molecular formula is C15H11F2NO. The second kappa shape index (κ2) is 5.91. The smallest absolute Gasteiger partial charge is 0.187 e. The lowest BCUT2D eigenvalue weighted by atomic mass is 10.1. The maximum atomic E-state index is 12.9. The fourth-order valence-corrected chi connectivity index (χ4v) is 1.55. The van der Waals surface area contributed by atoms with Crippen LogP contribution in [0.15, 0.2) is 60.8 Å². The molecule has 19 heavy (non-hydrogen) atoms. The highest BCUT2D eigenvalue weighted by Crippen LogP contribution is 2.12. The lowest BCUT2D eigenvalue weighted by molar-refractivity contribution is 0.104. The van der Waals surface area contributed by atoms with Gasteiger partial charge in [0.2, 0.25) is 0 Å². The minimum atomic E-state index is -0.676. The maximum absolute atomic E-state index is 12.9. The van der Waals surface area contributed by atoms with Gasteiger partial charge in [0.05, 0.1) is 0 Å². The first-order chi connectivity index (χ1) is 9.15. The Hall–Kier alpha value is -2.49. The molecule has 0 unspecified atom stereocenters. The molecular weight excluding hydrogens is 248 g/mol. The standard InChI is InChI=1S/C15H11F2NO/c16-12-8-13(17)10-14(9-12)18-7-6-15(19)11-4-2-1-3-5-11/h1-10,18H/b7-6-. The summed E-state index contributed by atoms with van der Waals surface area (Å²) in [6, 6.07) is 11.8. The third-order valence-electron chi connectivity index (χ3n) is 2.41. The zero-order chi connectivity index (χ0) is 13.7. The minimum absolute atomic E-state index is 0.190. The second-order valence-corrected chi connectivity index (χ2v) is 3.87. The molecule has 96 valence electrons. The number of carbonyl (C=O) groups is 1. The molecule has 1 N–H and O–H groups in total. The van der Waals surface area contributed by atoms with E-state index in [9.17, 15) is 13.6 Å². The van der Waals surface area contributed by atoms with Crippen molar-refractivity contribution in [3.8, 4) is 0 Å². The number of nitrogens with one attached hydrogen (secondary N) is 1. The summed E-state index contributed by atoms with van der Waals surface area (Å²) in [5, 5.41) is 2.65. The topological polar surface area (TPSA) is 29.1 Å². The third-order valence-corrected chi connectivity index (χ3v) is 2.41. The summed E-state index contributed by atoms with van der Waals surface area (Å²) < 4.78 is 25.8. The second-order valence-electron chi connectivity index (χ2n) is 3.87. The first-order valence-electron chi connectivity index (χ1n) is 5.64. The lowest BCUT2D eigenvalue weighted by Gasteiger charge is -2.01. The molecule has 0 amide bonds.